The van der Waals surface area contributed by atoms with Crippen molar-refractivity contribution >= 4 is 11.8 Å². The average molecular weight is 286 g/mol. The maximum absolute atomic E-state index is 12.9. The van der Waals surface area contributed by atoms with Crippen LogP contribution in [0, 0.1) is 37.9 Å². The molecule has 2 aromatic rings. The van der Waals surface area contributed by atoms with Crippen molar-refractivity contribution in [2.45, 2.75) is 31.6 Å². The molecule has 20 heavy (non-hydrogen) atoms. The maximum Gasteiger partial charge on any atom is 0.123 e. The van der Waals surface area contributed by atoms with Crippen molar-refractivity contribution in [3.8, 4) is 6.07 Å². The largest absolute Gasteiger partial charge is 0.245 e. The molecule has 0 spiro atoms. The van der Waals surface area contributed by atoms with E-state index in [0.29, 0.717) is 11.3 Å². The van der Waals surface area contributed by atoms with Gasteiger partial charge in [-0.1, -0.05) is 12.1 Å². The van der Waals surface area contributed by atoms with Crippen molar-refractivity contribution in [2.75, 3.05) is 0 Å². The van der Waals surface area contributed by atoms with E-state index >= 15 is 0 Å². The smallest absolute Gasteiger partial charge is 0.123 e. The van der Waals surface area contributed by atoms with Crippen molar-refractivity contribution in [2.24, 2.45) is 0 Å². The van der Waals surface area contributed by atoms with Crippen LogP contribution >= 0.6 is 11.8 Å². The summed E-state index contributed by atoms with van der Waals surface area (Å²) in [5.74, 6) is 0.431. The molecule has 0 saturated carbocycles. The fraction of sp³-hybridized carbons (Fsp3) is 0.250. The van der Waals surface area contributed by atoms with Crippen LogP contribution < -0.4 is 0 Å². The van der Waals surface area contributed by atoms with Crippen molar-refractivity contribution in [3.63, 3.8) is 0 Å². The third-order valence-corrected chi connectivity index (χ3v) is 4.41. The van der Waals surface area contributed by atoms with Gasteiger partial charge in [0, 0.05) is 11.4 Å². The Kier molecular flexibility index (Phi) is 4.41. The van der Waals surface area contributed by atoms with Crippen LogP contribution in [0.4, 0.5) is 4.39 Å². The highest BCUT2D eigenvalue weighted by Crippen LogP contribution is 2.28. The number of hydrogen-bond acceptors (Lipinski definition) is 3. The lowest BCUT2D eigenvalue weighted by molar-refractivity contribution is 0.627. The minimum atomic E-state index is -0.239. The van der Waals surface area contributed by atoms with Gasteiger partial charge in [-0.2, -0.15) is 5.26 Å². The summed E-state index contributed by atoms with van der Waals surface area (Å²) in [4.78, 5) is 4.50. The van der Waals surface area contributed by atoms with E-state index in [1.54, 1.807) is 12.1 Å². The van der Waals surface area contributed by atoms with Gasteiger partial charge >= 0.3 is 0 Å². The van der Waals surface area contributed by atoms with Gasteiger partial charge in [-0.15, -0.1) is 11.8 Å². The predicted molar refractivity (Wildman–Crippen MR) is 79.1 cm³/mol. The molecule has 0 unspecified atom stereocenters. The van der Waals surface area contributed by atoms with Crippen molar-refractivity contribution in [1.82, 2.24) is 4.98 Å². The number of thioether (sulfide) groups is 1. The van der Waals surface area contributed by atoms with Gasteiger partial charge in [-0.25, -0.2) is 9.37 Å². The first kappa shape index (κ1) is 14.5. The normalized spacial score (nSPS) is 10.3. The molecule has 1 aromatic heterocycles. The number of pyridine rings is 1. The molecule has 0 aliphatic heterocycles. The summed E-state index contributed by atoms with van der Waals surface area (Å²) in [5.41, 5.74) is 4.65. The van der Waals surface area contributed by atoms with Crippen LogP contribution in [0.1, 0.15) is 27.9 Å². The summed E-state index contributed by atoms with van der Waals surface area (Å²) in [7, 11) is 0. The molecule has 0 fully saturated rings. The summed E-state index contributed by atoms with van der Waals surface area (Å²) in [6.45, 7) is 5.88. The SMILES string of the molecule is Cc1nc(SCc2ccc(F)cc2)c(C#N)c(C)c1C. The quantitative estimate of drug-likeness (QED) is 0.789. The minimum absolute atomic E-state index is 0.239. The fourth-order valence-electron chi connectivity index (χ4n) is 1.88. The standard InChI is InChI=1S/C16H15FN2S/c1-10-11(2)15(8-18)16(19-12(10)3)20-9-13-4-6-14(17)7-5-13/h4-7H,9H2,1-3H3. The van der Waals surface area contributed by atoms with Crippen LogP contribution in [-0.2, 0) is 5.75 Å². The molecular formula is C16H15FN2S. The Hall–Kier alpha value is -1.86. The topological polar surface area (TPSA) is 36.7 Å². The zero-order chi connectivity index (χ0) is 14.7. The molecule has 0 radical (unpaired) electrons. The lowest BCUT2D eigenvalue weighted by Gasteiger charge is -2.11. The van der Waals surface area contributed by atoms with Crippen molar-refractivity contribution < 1.29 is 4.39 Å². The van der Waals surface area contributed by atoms with Gasteiger partial charge in [0.15, 0.2) is 0 Å². The molecule has 0 amide bonds. The molecular weight excluding hydrogens is 271 g/mol. The molecule has 1 aromatic carbocycles. The van der Waals surface area contributed by atoms with Crippen LogP contribution in [0.2, 0.25) is 0 Å². The summed E-state index contributed by atoms with van der Waals surface area (Å²) in [5, 5.41) is 10.0. The van der Waals surface area contributed by atoms with E-state index in [0.717, 1.165) is 27.4 Å². The summed E-state index contributed by atoms with van der Waals surface area (Å²) in [6, 6.07) is 8.63. The van der Waals surface area contributed by atoms with E-state index in [1.165, 1.54) is 23.9 Å². The second-order valence-electron chi connectivity index (χ2n) is 4.65. The van der Waals surface area contributed by atoms with Gasteiger partial charge in [0.25, 0.3) is 0 Å². The number of aryl methyl sites for hydroxylation is 1. The highest BCUT2D eigenvalue weighted by Gasteiger charge is 2.12. The van der Waals surface area contributed by atoms with E-state index in [9.17, 15) is 9.65 Å². The highest BCUT2D eigenvalue weighted by molar-refractivity contribution is 7.98. The molecule has 1 heterocycles. The number of rotatable bonds is 3. The van der Waals surface area contributed by atoms with E-state index in [-0.39, 0.29) is 5.82 Å². The Bertz CT molecular complexity index is 672. The van der Waals surface area contributed by atoms with Crippen LogP contribution in [0.5, 0.6) is 0 Å². The summed E-state index contributed by atoms with van der Waals surface area (Å²) in [6.07, 6.45) is 0. The average Bonchev–Trinajstić information content (AvgIpc) is 2.44. The van der Waals surface area contributed by atoms with Gasteiger partial charge < -0.3 is 0 Å². The molecule has 0 atom stereocenters. The van der Waals surface area contributed by atoms with Gasteiger partial charge in [-0.05, 0) is 49.6 Å². The number of hydrogen-bond donors (Lipinski definition) is 0. The van der Waals surface area contributed by atoms with Crippen molar-refractivity contribution in [3.05, 3.63) is 58.0 Å². The number of nitrogens with zero attached hydrogens (tertiary/aromatic N) is 2. The molecule has 0 bridgehead atoms. The second kappa shape index (κ2) is 6.06. The lowest BCUT2D eigenvalue weighted by Crippen LogP contribution is -1.99. The zero-order valence-corrected chi connectivity index (χ0v) is 12.5. The number of benzene rings is 1. The van der Waals surface area contributed by atoms with Gasteiger partial charge in [-0.3, -0.25) is 0 Å². The fourth-order valence-corrected chi connectivity index (χ4v) is 2.92. The Balaban J connectivity index is 2.26. The Morgan fingerprint density at radius 1 is 1.15 bits per heavy atom. The second-order valence-corrected chi connectivity index (χ2v) is 5.62. The summed E-state index contributed by atoms with van der Waals surface area (Å²) >= 11 is 1.51. The maximum atomic E-state index is 12.9. The van der Waals surface area contributed by atoms with Gasteiger partial charge in [0.05, 0.1) is 5.56 Å². The molecule has 2 nitrogen and oxygen atoms in total. The van der Waals surface area contributed by atoms with E-state index in [2.05, 4.69) is 11.1 Å². The minimum Gasteiger partial charge on any atom is -0.245 e. The first-order valence-corrected chi connectivity index (χ1v) is 7.26. The van der Waals surface area contributed by atoms with Gasteiger partial charge in [0.2, 0.25) is 0 Å². The van der Waals surface area contributed by atoms with E-state index in [1.807, 2.05) is 20.8 Å². The monoisotopic (exact) mass is 286 g/mol. The van der Waals surface area contributed by atoms with Crippen molar-refractivity contribution in [1.29, 1.82) is 5.26 Å². The first-order valence-electron chi connectivity index (χ1n) is 6.28. The number of halogens is 1. The molecule has 0 aliphatic carbocycles. The molecule has 0 saturated heterocycles. The third-order valence-electron chi connectivity index (χ3n) is 3.36. The third kappa shape index (κ3) is 3.00. The van der Waals surface area contributed by atoms with Crippen LogP contribution in [0.25, 0.3) is 0 Å². The predicted octanol–water partition coefficient (Wildman–Crippen LogP) is 4.31. The summed E-state index contributed by atoms with van der Waals surface area (Å²) < 4.78 is 12.9. The Morgan fingerprint density at radius 2 is 1.80 bits per heavy atom. The van der Waals surface area contributed by atoms with Crippen LogP contribution in [0.3, 0.4) is 0 Å². The number of nitriles is 1. The highest BCUT2D eigenvalue weighted by atomic mass is 32.2. The first-order chi connectivity index (χ1) is 9.52. The van der Waals surface area contributed by atoms with E-state index < -0.39 is 0 Å². The molecule has 4 heteroatoms. The molecule has 2 rings (SSSR count). The molecule has 0 N–H and O–H groups in total. The lowest BCUT2D eigenvalue weighted by atomic mass is 10.1. The molecule has 0 aliphatic rings. The van der Waals surface area contributed by atoms with E-state index in [4.69, 9.17) is 0 Å². The van der Waals surface area contributed by atoms with Crippen LogP contribution in [-0.4, -0.2) is 4.98 Å². The zero-order valence-electron chi connectivity index (χ0n) is 11.7. The molecule has 102 valence electrons. The van der Waals surface area contributed by atoms with Crippen LogP contribution in [0.15, 0.2) is 29.3 Å². The Morgan fingerprint density at radius 3 is 2.40 bits per heavy atom. The number of aromatic nitrogens is 1. The Labute approximate surface area is 122 Å². The van der Waals surface area contributed by atoms with Gasteiger partial charge in [0.1, 0.15) is 16.9 Å².